The number of fused-ring (bicyclic) bond motifs is 9. The average Bonchev–Trinajstić information content (AvgIpc) is 3.40. The van der Waals surface area contributed by atoms with Crippen molar-refractivity contribution in [3.05, 3.63) is 122 Å². The molecule has 39 heavy (non-hydrogen) atoms. The van der Waals surface area contributed by atoms with Crippen molar-refractivity contribution >= 4 is 85.8 Å². The molecule has 0 amide bonds. The van der Waals surface area contributed by atoms with Gasteiger partial charge in [0.25, 0.3) is 0 Å². The van der Waals surface area contributed by atoms with Crippen LogP contribution in [0, 0.1) is 0 Å². The van der Waals surface area contributed by atoms with Gasteiger partial charge in [0.1, 0.15) is 0 Å². The quantitative estimate of drug-likeness (QED) is 0.156. The molecular formula is C32H20N5PSe. The molecule has 0 radical (unpaired) electrons. The predicted molar refractivity (Wildman–Crippen MR) is 163 cm³/mol. The normalized spacial score (nSPS) is 13.4. The van der Waals surface area contributed by atoms with E-state index in [1.165, 1.54) is 26.7 Å². The molecule has 7 heteroatoms. The molecule has 0 bridgehead atoms. The Bertz CT molecular complexity index is 2280. The molecule has 4 aromatic carbocycles. The van der Waals surface area contributed by atoms with Crippen LogP contribution in [0.2, 0.25) is 0 Å². The summed E-state index contributed by atoms with van der Waals surface area (Å²) >= 11 is 3.67. The third-order valence-corrected chi connectivity index (χ3v) is 14.5. The molecule has 5 nitrogen and oxygen atoms in total. The fourth-order valence-electron chi connectivity index (χ4n) is 5.66. The maximum atomic E-state index is 5.24. The van der Waals surface area contributed by atoms with Crippen LogP contribution in [0.5, 0.6) is 0 Å². The van der Waals surface area contributed by atoms with E-state index in [9.17, 15) is 0 Å². The summed E-state index contributed by atoms with van der Waals surface area (Å²) in [7, 11) is 0. The van der Waals surface area contributed by atoms with Gasteiger partial charge in [-0.1, -0.05) is 0 Å². The third-order valence-electron chi connectivity index (χ3n) is 7.49. The Morgan fingerprint density at radius 1 is 0.615 bits per heavy atom. The molecule has 0 aliphatic rings. The number of para-hydroxylation sites is 1. The average molecular weight is 584 g/mol. The van der Waals surface area contributed by atoms with Crippen molar-refractivity contribution in [1.29, 1.82) is 0 Å². The Kier molecular flexibility index (Phi) is 5.05. The fourth-order valence-corrected chi connectivity index (χ4v) is 10.5. The SMILES string of the molecule is [Se]=P(c1ccncc1)(c1ccc2cncnc2c1)c1ccc2c(c1)nc1c3ccccc3c3ccccc3n21. The van der Waals surface area contributed by atoms with E-state index in [0.29, 0.717) is 0 Å². The van der Waals surface area contributed by atoms with Crippen LogP contribution >= 0.6 is 5.51 Å². The first kappa shape index (κ1) is 22.7. The standard InChI is InChI=1S/C32H20N5PSe/c39-38(22-13-15-33-16-14-22,23-10-9-21-19-34-20-35-28(21)17-23)24-11-12-31-29(18-24)36-32-27-7-2-1-5-25(27)26-6-3-4-8-30(26)37(31)32/h1-20H. The molecular weight excluding hydrogens is 564 g/mol. The number of pyridine rings is 2. The zero-order valence-corrected chi connectivity index (χ0v) is 23.2. The number of nitrogens with zero attached hydrogens (tertiary/aromatic N) is 5. The van der Waals surface area contributed by atoms with E-state index < -0.39 is 5.51 Å². The molecule has 0 aliphatic heterocycles. The second kappa shape index (κ2) is 8.65. The first-order valence-electron chi connectivity index (χ1n) is 12.6. The van der Waals surface area contributed by atoms with Gasteiger partial charge in [0, 0.05) is 0 Å². The molecule has 0 aliphatic carbocycles. The van der Waals surface area contributed by atoms with E-state index in [4.69, 9.17) is 4.98 Å². The van der Waals surface area contributed by atoms with Crippen molar-refractivity contribution in [2.45, 2.75) is 0 Å². The molecule has 8 rings (SSSR count). The monoisotopic (exact) mass is 585 g/mol. The molecule has 184 valence electrons. The van der Waals surface area contributed by atoms with Crippen LogP contribution in [0.4, 0.5) is 0 Å². The molecule has 4 heterocycles. The van der Waals surface area contributed by atoms with Crippen LogP contribution in [0.15, 0.2) is 122 Å². The number of hydrogen-bond acceptors (Lipinski definition) is 4. The summed E-state index contributed by atoms with van der Waals surface area (Å²) in [4.78, 5) is 18.3. The predicted octanol–water partition coefficient (Wildman–Crippen LogP) is 5.51. The van der Waals surface area contributed by atoms with E-state index >= 15 is 0 Å². The number of imidazole rings is 1. The molecule has 0 saturated carbocycles. The Labute approximate surface area is 231 Å². The van der Waals surface area contributed by atoms with Crippen molar-refractivity contribution in [3.8, 4) is 0 Å². The van der Waals surface area contributed by atoms with Gasteiger partial charge in [-0.25, -0.2) is 0 Å². The van der Waals surface area contributed by atoms with Gasteiger partial charge in [0.2, 0.25) is 0 Å². The molecule has 4 aromatic heterocycles. The number of hydrogen-bond donors (Lipinski definition) is 0. The van der Waals surface area contributed by atoms with Crippen molar-refractivity contribution in [2.24, 2.45) is 0 Å². The Hall–Kier alpha value is -4.21. The van der Waals surface area contributed by atoms with Crippen LogP contribution < -0.4 is 15.9 Å². The molecule has 1 atom stereocenters. The van der Waals surface area contributed by atoms with Crippen molar-refractivity contribution < 1.29 is 0 Å². The molecule has 0 spiro atoms. The van der Waals surface area contributed by atoms with E-state index in [1.54, 1.807) is 6.33 Å². The van der Waals surface area contributed by atoms with E-state index in [1.807, 2.05) is 18.6 Å². The Morgan fingerprint density at radius 2 is 1.33 bits per heavy atom. The summed E-state index contributed by atoms with van der Waals surface area (Å²) in [5, 5.41) is 8.26. The molecule has 1 unspecified atom stereocenters. The first-order valence-corrected chi connectivity index (χ1v) is 16.7. The second-order valence-corrected chi connectivity index (χ2v) is 15.8. The summed E-state index contributed by atoms with van der Waals surface area (Å²) in [6.07, 6.45) is 7.20. The van der Waals surface area contributed by atoms with Gasteiger partial charge in [-0.3, -0.25) is 0 Å². The summed E-state index contributed by atoms with van der Waals surface area (Å²) < 4.78 is 2.30. The van der Waals surface area contributed by atoms with Gasteiger partial charge >= 0.3 is 232 Å². The minimum atomic E-state index is -2.15. The molecule has 0 N–H and O–H groups in total. The summed E-state index contributed by atoms with van der Waals surface area (Å²) in [6, 6.07) is 34.6. The van der Waals surface area contributed by atoms with Crippen LogP contribution in [0.1, 0.15) is 0 Å². The van der Waals surface area contributed by atoms with Gasteiger partial charge in [0.05, 0.1) is 0 Å². The maximum absolute atomic E-state index is 5.24. The molecule has 8 aromatic rings. The van der Waals surface area contributed by atoms with E-state index in [-0.39, 0.29) is 0 Å². The van der Waals surface area contributed by atoms with Gasteiger partial charge in [-0.2, -0.15) is 0 Å². The van der Waals surface area contributed by atoms with Crippen molar-refractivity contribution in [1.82, 2.24) is 24.3 Å². The van der Waals surface area contributed by atoms with E-state index in [2.05, 4.69) is 132 Å². The summed E-state index contributed by atoms with van der Waals surface area (Å²) in [6.45, 7) is 0. The topological polar surface area (TPSA) is 56.0 Å². The minimum absolute atomic E-state index is 0.933. The Balaban J connectivity index is 1.44. The zero-order valence-electron chi connectivity index (χ0n) is 20.6. The van der Waals surface area contributed by atoms with Crippen molar-refractivity contribution in [3.63, 3.8) is 0 Å². The van der Waals surface area contributed by atoms with Crippen LogP contribution in [-0.4, -0.2) is 39.4 Å². The van der Waals surface area contributed by atoms with Gasteiger partial charge < -0.3 is 0 Å². The zero-order chi connectivity index (χ0) is 26.0. The van der Waals surface area contributed by atoms with Gasteiger partial charge in [0.15, 0.2) is 0 Å². The number of benzene rings is 4. The summed E-state index contributed by atoms with van der Waals surface area (Å²) in [5.74, 6) is 0. The van der Waals surface area contributed by atoms with E-state index in [0.717, 1.165) is 38.5 Å². The third kappa shape index (κ3) is 3.36. The molecule has 0 saturated heterocycles. The first-order chi connectivity index (χ1) is 19.2. The fraction of sp³-hybridized carbons (Fsp3) is 0. The second-order valence-electron chi connectivity index (χ2n) is 9.59. The number of aromatic nitrogens is 5. The van der Waals surface area contributed by atoms with Crippen molar-refractivity contribution in [2.75, 3.05) is 0 Å². The Morgan fingerprint density at radius 3 is 2.18 bits per heavy atom. The van der Waals surface area contributed by atoms with Crippen LogP contribution in [0.3, 0.4) is 0 Å². The molecule has 0 fully saturated rings. The van der Waals surface area contributed by atoms with Crippen LogP contribution in [-0.2, 0) is 0 Å². The summed E-state index contributed by atoms with van der Waals surface area (Å²) in [5.41, 5.74) is 3.00. The van der Waals surface area contributed by atoms with Gasteiger partial charge in [-0.15, -0.1) is 0 Å². The number of rotatable bonds is 3. The van der Waals surface area contributed by atoms with Crippen LogP contribution in [0.25, 0.3) is 49.3 Å². The van der Waals surface area contributed by atoms with Gasteiger partial charge in [-0.05, 0) is 0 Å².